The highest BCUT2D eigenvalue weighted by Crippen LogP contribution is 2.65. The van der Waals surface area contributed by atoms with Crippen molar-refractivity contribution >= 4 is 8.07 Å². The maximum Gasteiger partial charge on any atom is 0.352 e. The van der Waals surface area contributed by atoms with E-state index in [-0.39, 0.29) is 16.5 Å². The first-order chi connectivity index (χ1) is 12.4. The van der Waals surface area contributed by atoms with Crippen LogP contribution in [0.15, 0.2) is 51.6 Å². The topological polar surface area (TPSA) is 48.9 Å². The van der Waals surface area contributed by atoms with Crippen LogP contribution in [-0.2, 0) is 11.7 Å². The molecule has 0 radical (unpaired) electrons. The average Bonchev–Trinajstić information content (AvgIpc) is 3.12. The SMILES string of the molecule is C[Si](C)(C)[C@]12C(=CCn3c(=O)n(-c4ccccc4)c(=O)n31)[C@H]1CCC[C@H]12. The van der Waals surface area contributed by atoms with E-state index >= 15 is 0 Å². The van der Waals surface area contributed by atoms with Crippen LogP contribution in [0, 0.1) is 11.8 Å². The molecule has 0 amide bonds. The number of fused-ring (bicyclic) bond motifs is 6. The molecule has 5 rings (SSSR count). The first-order valence-electron chi connectivity index (χ1n) is 9.60. The molecule has 1 aromatic carbocycles. The Kier molecular flexibility index (Phi) is 3.10. The third-order valence-corrected chi connectivity index (χ3v) is 10.1. The molecule has 2 aromatic rings. The van der Waals surface area contributed by atoms with Crippen molar-refractivity contribution in [3.63, 3.8) is 0 Å². The van der Waals surface area contributed by atoms with E-state index in [1.54, 1.807) is 4.68 Å². The number of benzene rings is 1. The monoisotopic (exact) mass is 367 g/mol. The molecule has 3 aliphatic rings. The maximum atomic E-state index is 13.6. The van der Waals surface area contributed by atoms with E-state index in [4.69, 9.17) is 0 Å². The Labute approximate surface area is 153 Å². The van der Waals surface area contributed by atoms with Crippen molar-refractivity contribution in [2.45, 2.75) is 50.6 Å². The van der Waals surface area contributed by atoms with Gasteiger partial charge >= 0.3 is 11.4 Å². The van der Waals surface area contributed by atoms with Crippen LogP contribution in [0.4, 0.5) is 0 Å². The molecule has 26 heavy (non-hydrogen) atoms. The quantitative estimate of drug-likeness (QED) is 0.605. The summed E-state index contributed by atoms with van der Waals surface area (Å²) in [7, 11) is -1.81. The van der Waals surface area contributed by atoms with Gasteiger partial charge in [0.05, 0.1) is 25.5 Å². The molecule has 1 aliphatic heterocycles. The summed E-state index contributed by atoms with van der Waals surface area (Å²) >= 11 is 0. The predicted octanol–water partition coefficient (Wildman–Crippen LogP) is 2.74. The van der Waals surface area contributed by atoms with Crippen molar-refractivity contribution in [3.8, 4) is 5.69 Å². The highest BCUT2D eigenvalue weighted by atomic mass is 28.3. The van der Waals surface area contributed by atoms with Crippen LogP contribution < -0.4 is 11.4 Å². The zero-order valence-corrected chi connectivity index (χ0v) is 16.6. The minimum atomic E-state index is -1.81. The van der Waals surface area contributed by atoms with Crippen LogP contribution >= 0.6 is 0 Å². The lowest BCUT2D eigenvalue weighted by Crippen LogP contribution is -2.72. The summed E-state index contributed by atoms with van der Waals surface area (Å²) in [6, 6.07) is 9.32. The summed E-state index contributed by atoms with van der Waals surface area (Å²) in [6.07, 6.45) is 5.91. The lowest BCUT2D eigenvalue weighted by molar-refractivity contribution is 0.106. The lowest BCUT2D eigenvalue weighted by Gasteiger charge is -2.62. The predicted molar refractivity (Wildman–Crippen MR) is 105 cm³/mol. The smallest absolute Gasteiger partial charge is 0.245 e. The van der Waals surface area contributed by atoms with Gasteiger partial charge in [-0.3, -0.25) is 0 Å². The summed E-state index contributed by atoms with van der Waals surface area (Å²) < 4.78 is 4.95. The molecule has 2 saturated carbocycles. The standard InChI is InChI=1S/C20H25N3O2Si/c1-26(2,3)20-16-11-7-10-15(16)17(20)12-13-21-18(24)22(19(25)23(20)21)14-8-5-4-6-9-14/h4-6,8-9,12,15-16H,7,10-11,13H2,1-3H3/t15-,16+,20+/m0/s1. The summed E-state index contributed by atoms with van der Waals surface area (Å²) in [4.78, 5) is 26.7. The largest absolute Gasteiger partial charge is 0.352 e. The Morgan fingerprint density at radius 1 is 1.04 bits per heavy atom. The Morgan fingerprint density at radius 2 is 1.77 bits per heavy atom. The Morgan fingerprint density at radius 3 is 2.46 bits per heavy atom. The molecular weight excluding hydrogens is 342 g/mol. The summed E-state index contributed by atoms with van der Waals surface area (Å²) in [5, 5.41) is -0.233. The molecule has 6 heteroatoms. The van der Waals surface area contributed by atoms with Gasteiger partial charge in [0.15, 0.2) is 0 Å². The number of rotatable bonds is 2. The first-order valence-corrected chi connectivity index (χ1v) is 13.1. The van der Waals surface area contributed by atoms with Gasteiger partial charge in [0.1, 0.15) is 0 Å². The highest BCUT2D eigenvalue weighted by Gasteiger charge is 2.68. The summed E-state index contributed by atoms with van der Waals surface area (Å²) in [5.74, 6) is 1.13. The Balaban J connectivity index is 1.83. The molecule has 5 nitrogen and oxygen atoms in total. The van der Waals surface area contributed by atoms with Crippen LogP contribution in [0.5, 0.6) is 0 Å². The molecule has 0 N–H and O–H groups in total. The lowest BCUT2D eigenvalue weighted by atomic mass is 9.65. The molecule has 1 aromatic heterocycles. The van der Waals surface area contributed by atoms with Crippen molar-refractivity contribution in [1.82, 2.24) is 13.9 Å². The van der Waals surface area contributed by atoms with Crippen molar-refractivity contribution in [2.24, 2.45) is 11.8 Å². The molecule has 0 bridgehead atoms. The van der Waals surface area contributed by atoms with Crippen LogP contribution in [0.3, 0.4) is 0 Å². The second-order valence-electron chi connectivity index (χ2n) is 8.95. The van der Waals surface area contributed by atoms with E-state index in [0.717, 1.165) is 0 Å². The highest BCUT2D eigenvalue weighted by molar-refractivity contribution is 6.79. The minimum Gasteiger partial charge on any atom is -0.245 e. The fourth-order valence-electron chi connectivity index (χ4n) is 6.09. The van der Waals surface area contributed by atoms with Gasteiger partial charge in [0.2, 0.25) is 0 Å². The zero-order valence-electron chi connectivity index (χ0n) is 15.6. The molecule has 2 heterocycles. The molecule has 0 saturated heterocycles. The van der Waals surface area contributed by atoms with Gasteiger partial charge in [-0.15, -0.1) is 0 Å². The Bertz CT molecular complexity index is 1040. The summed E-state index contributed by atoms with van der Waals surface area (Å²) in [6.45, 7) is 7.56. The van der Waals surface area contributed by atoms with Crippen molar-refractivity contribution < 1.29 is 0 Å². The van der Waals surface area contributed by atoms with E-state index < -0.39 is 8.07 Å². The second kappa shape index (κ2) is 5.00. The van der Waals surface area contributed by atoms with Crippen molar-refractivity contribution in [2.75, 3.05) is 0 Å². The number of aromatic nitrogens is 3. The van der Waals surface area contributed by atoms with Crippen LogP contribution in [0.25, 0.3) is 5.69 Å². The molecule has 2 aliphatic carbocycles. The number of allylic oxidation sites excluding steroid dienone is 2. The third-order valence-electron chi connectivity index (χ3n) is 6.89. The van der Waals surface area contributed by atoms with Gasteiger partial charge in [-0.05, 0) is 42.4 Å². The molecular formula is C20H25N3O2Si. The van der Waals surface area contributed by atoms with E-state index in [2.05, 4.69) is 25.7 Å². The Hall–Kier alpha value is -2.08. The number of nitrogens with zero attached hydrogens (tertiary/aromatic N) is 3. The first kappa shape index (κ1) is 16.1. The van der Waals surface area contributed by atoms with E-state index in [1.165, 1.54) is 29.4 Å². The third kappa shape index (κ3) is 1.66. The van der Waals surface area contributed by atoms with Gasteiger partial charge in [-0.2, -0.15) is 0 Å². The maximum absolute atomic E-state index is 13.6. The van der Waals surface area contributed by atoms with E-state index in [9.17, 15) is 9.59 Å². The van der Waals surface area contributed by atoms with Gasteiger partial charge in [-0.25, -0.2) is 23.5 Å². The average molecular weight is 368 g/mol. The number of hydrogen-bond acceptors (Lipinski definition) is 2. The molecule has 2 fully saturated rings. The van der Waals surface area contributed by atoms with Gasteiger partial charge in [-0.1, -0.05) is 50.3 Å². The van der Waals surface area contributed by atoms with Crippen LogP contribution in [-0.4, -0.2) is 22.0 Å². The summed E-state index contributed by atoms with van der Waals surface area (Å²) in [5.41, 5.74) is 1.73. The molecule has 0 spiro atoms. The fourth-order valence-corrected chi connectivity index (χ4v) is 9.55. The molecule has 3 atom stereocenters. The van der Waals surface area contributed by atoms with Crippen LogP contribution in [0.2, 0.25) is 19.6 Å². The van der Waals surface area contributed by atoms with Crippen molar-refractivity contribution in [1.29, 1.82) is 0 Å². The van der Waals surface area contributed by atoms with Gasteiger partial charge in [0.25, 0.3) is 0 Å². The van der Waals surface area contributed by atoms with Crippen LogP contribution in [0.1, 0.15) is 19.3 Å². The fraction of sp³-hybridized carbons (Fsp3) is 0.500. The van der Waals surface area contributed by atoms with E-state index in [0.29, 0.717) is 24.1 Å². The molecule has 0 unspecified atom stereocenters. The van der Waals surface area contributed by atoms with E-state index in [1.807, 2.05) is 35.0 Å². The van der Waals surface area contributed by atoms with Crippen molar-refractivity contribution in [3.05, 3.63) is 62.9 Å². The number of para-hydroxylation sites is 1. The van der Waals surface area contributed by atoms with Gasteiger partial charge < -0.3 is 0 Å². The normalized spacial score (nSPS) is 29.4. The minimum absolute atomic E-state index is 0.167. The molecule has 136 valence electrons. The van der Waals surface area contributed by atoms with Gasteiger partial charge in [0, 0.05) is 0 Å². The number of hydrogen-bond donors (Lipinski definition) is 0. The zero-order chi connectivity index (χ0) is 18.3. The second-order valence-corrected chi connectivity index (χ2v) is 14.2.